The first kappa shape index (κ1) is 17.8. The monoisotopic (exact) mass is 333 g/mol. The van der Waals surface area contributed by atoms with Gasteiger partial charge in [-0.1, -0.05) is 6.92 Å². The van der Waals surface area contributed by atoms with Gasteiger partial charge in [0.15, 0.2) is 0 Å². The molecule has 0 atom stereocenters. The summed E-state index contributed by atoms with van der Waals surface area (Å²) >= 11 is 0. The van der Waals surface area contributed by atoms with Crippen LogP contribution in [0.1, 0.15) is 24.9 Å². The van der Waals surface area contributed by atoms with Gasteiger partial charge in [0, 0.05) is 6.54 Å². The average molecular weight is 333 g/mol. The van der Waals surface area contributed by atoms with E-state index in [2.05, 4.69) is 10.6 Å². The predicted octanol–water partition coefficient (Wildman–Crippen LogP) is 1.52. The van der Waals surface area contributed by atoms with E-state index in [0.29, 0.717) is 19.6 Å². The van der Waals surface area contributed by atoms with Crippen molar-refractivity contribution < 1.29 is 18.4 Å². The van der Waals surface area contributed by atoms with Crippen molar-refractivity contribution in [1.29, 1.82) is 0 Å². The number of hydrogen-bond acceptors (Lipinski definition) is 5. The number of carbonyl (C=O) groups is 2. The molecular formula is C17H23N3O4. The zero-order chi connectivity index (χ0) is 17.2. The van der Waals surface area contributed by atoms with Crippen molar-refractivity contribution in [2.45, 2.75) is 26.4 Å². The van der Waals surface area contributed by atoms with Crippen molar-refractivity contribution in [3.8, 4) is 0 Å². The first-order valence-electron chi connectivity index (χ1n) is 7.98. The van der Waals surface area contributed by atoms with E-state index >= 15 is 0 Å². The van der Waals surface area contributed by atoms with Gasteiger partial charge in [0.25, 0.3) is 0 Å². The lowest BCUT2D eigenvalue weighted by Crippen LogP contribution is -2.41. The summed E-state index contributed by atoms with van der Waals surface area (Å²) in [5.41, 5.74) is 0. The highest BCUT2D eigenvalue weighted by atomic mass is 16.3. The summed E-state index contributed by atoms with van der Waals surface area (Å²) in [4.78, 5) is 25.5. The largest absolute Gasteiger partial charge is 0.468 e. The molecule has 2 amide bonds. The van der Waals surface area contributed by atoms with Crippen LogP contribution < -0.4 is 10.6 Å². The minimum Gasteiger partial charge on any atom is -0.468 e. The van der Waals surface area contributed by atoms with E-state index in [1.165, 1.54) is 0 Å². The highest BCUT2D eigenvalue weighted by Gasteiger charge is 2.15. The van der Waals surface area contributed by atoms with E-state index in [1.807, 2.05) is 24.0 Å². The molecule has 0 aliphatic heterocycles. The second kappa shape index (κ2) is 9.57. The Hall–Kier alpha value is -2.54. The molecule has 24 heavy (non-hydrogen) atoms. The summed E-state index contributed by atoms with van der Waals surface area (Å²) < 4.78 is 10.7. The van der Waals surface area contributed by atoms with Crippen molar-refractivity contribution >= 4 is 11.8 Å². The Morgan fingerprint density at radius 1 is 1.00 bits per heavy atom. The van der Waals surface area contributed by atoms with Crippen LogP contribution in [-0.2, 0) is 22.7 Å². The zero-order valence-electron chi connectivity index (χ0n) is 13.8. The van der Waals surface area contributed by atoms with Crippen LogP contribution in [0.3, 0.4) is 0 Å². The second-order valence-electron chi connectivity index (χ2n) is 5.43. The maximum Gasteiger partial charge on any atom is 0.239 e. The van der Waals surface area contributed by atoms with Gasteiger partial charge in [0.2, 0.25) is 11.8 Å². The first-order chi connectivity index (χ1) is 11.7. The van der Waals surface area contributed by atoms with Gasteiger partial charge in [-0.15, -0.1) is 0 Å². The third-order valence-corrected chi connectivity index (χ3v) is 3.30. The SMILES string of the molecule is CCCNC(=O)CNC(=O)CN(Cc1ccco1)Cc1ccco1. The van der Waals surface area contributed by atoms with Gasteiger partial charge in [-0.2, -0.15) is 0 Å². The molecule has 0 saturated heterocycles. The standard InChI is InChI=1S/C17H23N3O4/c1-2-7-18-16(21)10-19-17(22)13-20(11-14-5-3-8-23-14)12-15-6-4-9-24-15/h3-6,8-9H,2,7,10-13H2,1H3,(H,18,21)(H,19,22). The molecule has 2 aromatic rings. The maximum absolute atomic E-state index is 12.1. The highest BCUT2D eigenvalue weighted by molar-refractivity contribution is 5.85. The van der Waals surface area contributed by atoms with Crippen LogP contribution in [0.5, 0.6) is 0 Å². The number of carbonyl (C=O) groups excluding carboxylic acids is 2. The molecule has 2 aromatic heterocycles. The van der Waals surface area contributed by atoms with Crippen LogP contribution in [0.15, 0.2) is 45.6 Å². The van der Waals surface area contributed by atoms with Crippen LogP contribution in [-0.4, -0.2) is 36.3 Å². The minimum atomic E-state index is -0.222. The Labute approximate surface area is 141 Å². The number of hydrogen-bond donors (Lipinski definition) is 2. The molecule has 0 unspecified atom stereocenters. The van der Waals surface area contributed by atoms with Gasteiger partial charge >= 0.3 is 0 Å². The topological polar surface area (TPSA) is 87.7 Å². The molecule has 0 radical (unpaired) electrons. The van der Waals surface area contributed by atoms with Gasteiger partial charge in [-0.05, 0) is 30.7 Å². The Balaban J connectivity index is 1.84. The summed E-state index contributed by atoms with van der Waals surface area (Å²) in [6.07, 6.45) is 4.05. The lowest BCUT2D eigenvalue weighted by atomic mass is 10.3. The number of nitrogens with one attached hydrogen (secondary N) is 2. The molecule has 2 rings (SSSR count). The van der Waals surface area contributed by atoms with E-state index in [4.69, 9.17) is 8.83 Å². The molecule has 130 valence electrons. The summed E-state index contributed by atoms with van der Waals surface area (Å²) in [7, 11) is 0. The van der Waals surface area contributed by atoms with Crippen LogP contribution >= 0.6 is 0 Å². The fraction of sp³-hybridized carbons (Fsp3) is 0.412. The molecule has 7 heteroatoms. The molecule has 0 fully saturated rings. The van der Waals surface area contributed by atoms with Crippen LogP contribution in [0.4, 0.5) is 0 Å². The molecule has 7 nitrogen and oxygen atoms in total. The molecule has 0 aliphatic rings. The van der Waals surface area contributed by atoms with Crippen molar-refractivity contribution in [1.82, 2.24) is 15.5 Å². The molecule has 0 aromatic carbocycles. The highest BCUT2D eigenvalue weighted by Crippen LogP contribution is 2.10. The predicted molar refractivity (Wildman–Crippen MR) is 87.8 cm³/mol. The second-order valence-corrected chi connectivity index (χ2v) is 5.43. The third kappa shape index (κ3) is 6.29. The Bertz CT molecular complexity index is 572. The Kier molecular flexibility index (Phi) is 7.10. The summed E-state index contributed by atoms with van der Waals surface area (Å²) in [5.74, 6) is 1.11. The van der Waals surface area contributed by atoms with Crippen molar-refractivity contribution in [2.24, 2.45) is 0 Å². The molecule has 0 saturated carbocycles. The zero-order valence-corrected chi connectivity index (χ0v) is 13.8. The first-order valence-corrected chi connectivity index (χ1v) is 7.98. The molecule has 0 bridgehead atoms. The van der Waals surface area contributed by atoms with Crippen molar-refractivity contribution in [2.75, 3.05) is 19.6 Å². The van der Waals surface area contributed by atoms with Crippen molar-refractivity contribution in [3.63, 3.8) is 0 Å². The molecule has 2 N–H and O–H groups in total. The third-order valence-electron chi connectivity index (χ3n) is 3.30. The quantitative estimate of drug-likeness (QED) is 0.688. The number of nitrogens with zero attached hydrogens (tertiary/aromatic N) is 1. The fourth-order valence-electron chi connectivity index (χ4n) is 2.18. The molecule has 0 aliphatic carbocycles. The van der Waals surface area contributed by atoms with E-state index in [-0.39, 0.29) is 24.9 Å². The average Bonchev–Trinajstić information content (AvgIpc) is 3.24. The van der Waals surface area contributed by atoms with Crippen LogP contribution in [0.2, 0.25) is 0 Å². The van der Waals surface area contributed by atoms with E-state index < -0.39 is 0 Å². The Morgan fingerprint density at radius 3 is 2.12 bits per heavy atom. The van der Waals surface area contributed by atoms with Gasteiger partial charge in [0.1, 0.15) is 11.5 Å². The molecule has 2 heterocycles. The van der Waals surface area contributed by atoms with E-state index in [9.17, 15) is 9.59 Å². The number of rotatable bonds is 10. The summed E-state index contributed by atoms with van der Waals surface area (Å²) in [6, 6.07) is 7.31. The van der Waals surface area contributed by atoms with Gasteiger partial charge in [0.05, 0.1) is 38.7 Å². The lowest BCUT2D eigenvalue weighted by Gasteiger charge is -2.19. The van der Waals surface area contributed by atoms with E-state index in [0.717, 1.165) is 17.9 Å². The van der Waals surface area contributed by atoms with Crippen molar-refractivity contribution in [3.05, 3.63) is 48.3 Å². The minimum absolute atomic E-state index is 0.0197. The van der Waals surface area contributed by atoms with Gasteiger partial charge < -0.3 is 19.5 Å². The van der Waals surface area contributed by atoms with Gasteiger partial charge in [-0.3, -0.25) is 14.5 Å². The number of amides is 2. The smallest absolute Gasteiger partial charge is 0.239 e. The molecular weight excluding hydrogens is 310 g/mol. The summed E-state index contributed by atoms with van der Waals surface area (Å²) in [5, 5.41) is 5.34. The normalized spacial score (nSPS) is 10.8. The fourth-order valence-corrected chi connectivity index (χ4v) is 2.18. The molecule has 0 spiro atoms. The maximum atomic E-state index is 12.1. The summed E-state index contributed by atoms with van der Waals surface area (Å²) in [6.45, 7) is 3.65. The van der Waals surface area contributed by atoms with E-state index in [1.54, 1.807) is 24.7 Å². The van der Waals surface area contributed by atoms with Gasteiger partial charge in [-0.25, -0.2) is 0 Å². The lowest BCUT2D eigenvalue weighted by molar-refractivity contribution is -0.127. The Morgan fingerprint density at radius 2 is 1.62 bits per heavy atom. The van der Waals surface area contributed by atoms with Crippen LogP contribution in [0, 0.1) is 0 Å². The number of furan rings is 2. The van der Waals surface area contributed by atoms with Crippen LogP contribution in [0.25, 0.3) is 0 Å².